The van der Waals surface area contributed by atoms with Crippen molar-refractivity contribution in [3.05, 3.63) is 64.4 Å². The van der Waals surface area contributed by atoms with Gasteiger partial charge in [-0.2, -0.15) is 0 Å². The number of carbonyl (C=O) groups excluding carboxylic acids is 2. The van der Waals surface area contributed by atoms with Crippen molar-refractivity contribution < 1.29 is 19.1 Å². The zero-order valence-corrected chi connectivity index (χ0v) is 17.4. The largest absolute Gasteiger partial charge is 0.454 e. The van der Waals surface area contributed by atoms with Crippen LogP contribution in [0.25, 0.3) is 0 Å². The Morgan fingerprint density at radius 1 is 1.13 bits per heavy atom. The number of anilines is 1. The molecule has 3 aromatic rings. The summed E-state index contributed by atoms with van der Waals surface area (Å²) < 4.78 is 10.6. The zero-order valence-electron chi connectivity index (χ0n) is 16.6. The van der Waals surface area contributed by atoms with Gasteiger partial charge in [-0.3, -0.25) is 19.9 Å². The van der Waals surface area contributed by atoms with E-state index in [1.807, 2.05) is 12.1 Å². The van der Waals surface area contributed by atoms with Gasteiger partial charge in [0, 0.05) is 29.4 Å². The van der Waals surface area contributed by atoms with Crippen LogP contribution in [-0.4, -0.2) is 28.6 Å². The number of nitrogens with zero attached hydrogens (tertiary/aromatic N) is 2. The molecule has 0 saturated carbocycles. The van der Waals surface area contributed by atoms with Crippen molar-refractivity contribution in [2.45, 2.75) is 31.7 Å². The van der Waals surface area contributed by atoms with E-state index in [1.165, 1.54) is 11.3 Å². The topological polar surface area (TPSA) is 102 Å². The molecule has 1 aromatic carbocycles. The number of hydrogen-bond acceptors (Lipinski definition) is 7. The van der Waals surface area contributed by atoms with Gasteiger partial charge in [0.25, 0.3) is 5.91 Å². The van der Waals surface area contributed by atoms with Gasteiger partial charge in [-0.05, 0) is 55.2 Å². The molecule has 2 aliphatic rings. The van der Waals surface area contributed by atoms with E-state index in [2.05, 4.69) is 20.6 Å². The molecule has 9 heteroatoms. The number of hydrogen-bond donors (Lipinski definition) is 2. The monoisotopic (exact) mass is 436 g/mol. The highest BCUT2D eigenvalue weighted by atomic mass is 32.1. The Labute approximate surface area is 182 Å². The van der Waals surface area contributed by atoms with Crippen molar-refractivity contribution in [3.8, 4) is 11.5 Å². The first-order chi connectivity index (χ1) is 15.2. The number of pyridine rings is 1. The van der Waals surface area contributed by atoms with Gasteiger partial charge >= 0.3 is 0 Å². The van der Waals surface area contributed by atoms with Gasteiger partial charge in [0.15, 0.2) is 16.6 Å². The molecule has 0 radical (unpaired) electrons. The smallest absolute Gasteiger partial charge is 0.257 e. The molecule has 2 amide bonds. The summed E-state index contributed by atoms with van der Waals surface area (Å²) in [6, 6.07) is 8.80. The summed E-state index contributed by atoms with van der Waals surface area (Å²) in [4.78, 5) is 35.1. The van der Waals surface area contributed by atoms with Crippen molar-refractivity contribution in [2.24, 2.45) is 0 Å². The molecular weight excluding hydrogens is 416 g/mol. The Hall–Kier alpha value is -3.46. The quantitative estimate of drug-likeness (QED) is 0.637. The first kappa shape index (κ1) is 19.5. The van der Waals surface area contributed by atoms with Crippen molar-refractivity contribution in [1.82, 2.24) is 15.3 Å². The lowest BCUT2D eigenvalue weighted by Gasteiger charge is -2.20. The highest BCUT2D eigenvalue weighted by molar-refractivity contribution is 7.16. The minimum atomic E-state index is -0.307. The fraction of sp³-hybridized carbons (Fsp3) is 0.273. The van der Waals surface area contributed by atoms with Gasteiger partial charge in [0.2, 0.25) is 12.7 Å². The number of rotatable bonds is 5. The fourth-order valence-corrected chi connectivity index (χ4v) is 4.81. The van der Waals surface area contributed by atoms with Gasteiger partial charge < -0.3 is 14.8 Å². The number of thiazole rings is 1. The summed E-state index contributed by atoms with van der Waals surface area (Å²) in [5.41, 5.74) is 2.22. The molecule has 2 aromatic heterocycles. The minimum Gasteiger partial charge on any atom is -0.454 e. The lowest BCUT2D eigenvalue weighted by molar-refractivity contribution is -0.123. The van der Waals surface area contributed by atoms with Gasteiger partial charge in [0.1, 0.15) is 0 Å². The molecule has 0 bridgehead atoms. The molecule has 31 heavy (non-hydrogen) atoms. The molecule has 0 spiro atoms. The molecule has 5 rings (SSSR count). The predicted octanol–water partition coefficient (Wildman–Crippen LogP) is 3.26. The van der Waals surface area contributed by atoms with Crippen LogP contribution in [0, 0.1) is 0 Å². The van der Waals surface area contributed by atoms with Crippen molar-refractivity contribution in [1.29, 1.82) is 0 Å². The number of amides is 2. The molecule has 1 aliphatic carbocycles. The van der Waals surface area contributed by atoms with Gasteiger partial charge in [-0.25, -0.2) is 4.98 Å². The third kappa shape index (κ3) is 4.09. The van der Waals surface area contributed by atoms with E-state index in [0.717, 1.165) is 35.4 Å². The molecule has 8 nitrogen and oxygen atoms in total. The Kier molecular flexibility index (Phi) is 5.25. The summed E-state index contributed by atoms with van der Waals surface area (Å²) in [6.45, 7) is 0.606. The summed E-state index contributed by atoms with van der Waals surface area (Å²) in [6.07, 6.45) is 5.93. The van der Waals surface area contributed by atoms with E-state index in [1.54, 1.807) is 30.6 Å². The minimum absolute atomic E-state index is 0.0447. The van der Waals surface area contributed by atoms with Crippen LogP contribution in [0.5, 0.6) is 11.5 Å². The third-order valence-electron chi connectivity index (χ3n) is 5.34. The Morgan fingerprint density at radius 2 is 1.97 bits per heavy atom. The standard InChI is InChI=1S/C22H20N4O4S/c27-20(14-4-5-16-17(10-14)30-12-29-16)26-22-25-19-15(2-1-3-18(19)31-22)21(28)24-11-13-6-8-23-9-7-13/h4-10,15H,1-3,11-12H2,(H,24,28)(H,25,26,27)/t15-/m0/s1. The van der Waals surface area contributed by atoms with E-state index in [0.29, 0.717) is 28.7 Å². The van der Waals surface area contributed by atoms with E-state index in [-0.39, 0.29) is 24.5 Å². The number of aromatic nitrogens is 2. The lowest BCUT2D eigenvalue weighted by Crippen LogP contribution is -2.31. The Morgan fingerprint density at radius 3 is 2.84 bits per heavy atom. The van der Waals surface area contributed by atoms with Crippen LogP contribution in [0.2, 0.25) is 0 Å². The second kappa shape index (κ2) is 8.35. The molecule has 3 heterocycles. The highest BCUT2D eigenvalue weighted by Gasteiger charge is 2.30. The number of aryl methyl sites for hydroxylation is 1. The SMILES string of the molecule is O=C(Nc1nc2c(s1)CCC[C@@H]2C(=O)NCc1ccncc1)c1ccc2c(c1)OCO2. The maximum Gasteiger partial charge on any atom is 0.257 e. The second-order valence-corrected chi connectivity index (χ2v) is 8.45. The lowest BCUT2D eigenvalue weighted by atomic mass is 9.90. The van der Waals surface area contributed by atoms with Crippen molar-refractivity contribution in [3.63, 3.8) is 0 Å². The summed E-state index contributed by atoms with van der Waals surface area (Å²) in [5, 5.41) is 6.35. The maximum atomic E-state index is 12.8. The molecule has 1 aliphatic heterocycles. The number of carbonyl (C=O) groups is 2. The normalized spacial score (nSPS) is 16.5. The zero-order chi connectivity index (χ0) is 21.2. The number of ether oxygens (including phenoxy) is 2. The van der Waals surface area contributed by atoms with E-state index in [4.69, 9.17) is 9.47 Å². The van der Waals surface area contributed by atoms with Crippen LogP contribution in [0.15, 0.2) is 42.7 Å². The molecule has 0 unspecified atom stereocenters. The average molecular weight is 436 g/mol. The first-order valence-electron chi connectivity index (χ1n) is 10.0. The Balaban J connectivity index is 1.28. The van der Waals surface area contributed by atoms with E-state index < -0.39 is 0 Å². The van der Waals surface area contributed by atoms with Gasteiger partial charge in [-0.1, -0.05) is 0 Å². The molecule has 1 atom stereocenters. The molecule has 0 fully saturated rings. The van der Waals surface area contributed by atoms with E-state index in [9.17, 15) is 9.59 Å². The van der Waals surface area contributed by atoms with Crippen molar-refractivity contribution >= 4 is 28.3 Å². The van der Waals surface area contributed by atoms with Crippen LogP contribution < -0.4 is 20.1 Å². The molecular formula is C22H20N4O4S. The maximum absolute atomic E-state index is 12.8. The van der Waals surface area contributed by atoms with Gasteiger partial charge in [-0.15, -0.1) is 11.3 Å². The van der Waals surface area contributed by atoms with Crippen LogP contribution >= 0.6 is 11.3 Å². The number of fused-ring (bicyclic) bond motifs is 2. The highest BCUT2D eigenvalue weighted by Crippen LogP contribution is 2.37. The predicted molar refractivity (Wildman–Crippen MR) is 114 cm³/mol. The van der Waals surface area contributed by atoms with Crippen LogP contribution in [0.3, 0.4) is 0 Å². The third-order valence-corrected chi connectivity index (χ3v) is 6.39. The number of nitrogens with one attached hydrogen (secondary N) is 2. The molecule has 158 valence electrons. The summed E-state index contributed by atoms with van der Waals surface area (Å²) in [5.74, 6) is 0.553. The summed E-state index contributed by atoms with van der Waals surface area (Å²) >= 11 is 1.43. The molecule has 0 saturated heterocycles. The second-order valence-electron chi connectivity index (χ2n) is 7.37. The van der Waals surface area contributed by atoms with Crippen molar-refractivity contribution in [2.75, 3.05) is 12.1 Å². The van der Waals surface area contributed by atoms with E-state index >= 15 is 0 Å². The first-order valence-corrected chi connectivity index (χ1v) is 10.9. The fourth-order valence-electron chi connectivity index (χ4n) is 3.75. The summed E-state index contributed by atoms with van der Waals surface area (Å²) in [7, 11) is 0. The van der Waals surface area contributed by atoms with Crippen LogP contribution in [0.1, 0.15) is 45.3 Å². The van der Waals surface area contributed by atoms with Crippen LogP contribution in [-0.2, 0) is 17.8 Å². The average Bonchev–Trinajstić information content (AvgIpc) is 3.43. The molecule has 2 N–H and O–H groups in total. The van der Waals surface area contributed by atoms with Gasteiger partial charge in [0.05, 0.1) is 11.6 Å². The number of benzene rings is 1. The van der Waals surface area contributed by atoms with Crippen LogP contribution in [0.4, 0.5) is 5.13 Å². The Bertz CT molecular complexity index is 1130.